The molecule has 0 atom stereocenters. The second kappa shape index (κ2) is 9.84. The highest BCUT2D eigenvalue weighted by molar-refractivity contribution is 7.18. The van der Waals surface area contributed by atoms with E-state index in [1.54, 1.807) is 6.92 Å². The topological polar surface area (TPSA) is 105 Å². The molecule has 0 bridgehead atoms. The number of amides is 2. The first-order valence-corrected chi connectivity index (χ1v) is 10.5. The summed E-state index contributed by atoms with van der Waals surface area (Å²) in [6.45, 7) is 6.03. The number of rotatable bonds is 7. The Kier molecular flexibility index (Phi) is 7.20. The summed E-state index contributed by atoms with van der Waals surface area (Å²) < 4.78 is 4.79. The number of methoxy groups -OCH3 is 1. The average molecular weight is 431 g/mol. The van der Waals surface area contributed by atoms with Crippen molar-refractivity contribution in [1.29, 1.82) is 0 Å². The normalized spacial score (nSPS) is 15.0. The number of carbonyl (C=O) groups excluding carboxylic acids is 3. The molecule has 1 fully saturated rings. The van der Waals surface area contributed by atoms with Crippen molar-refractivity contribution in [3.05, 3.63) is 51.9 Å². The van der Waals surface area contributed by atoms with Gasteiger partial charge in [-0.1, -0.05) is 30.3 Å². The van der Waals surface area contributed by atoms with Gasteiger partial charge in [0.05, 0.1) is 24.1 Å². The molecule has 1 aliphatic heterocycles. The van der Waals surface area contributed by atoms with Crippen molar-refractivity contribution in [1.82, 2.24) is 9.80 Å². The number of nitrogens with two attached hydrogens (primary N) is 1. The molecule has 1 aromatic carbocycles. The van der Waals surface area contributed by atoms with Gasteiger partial charge in [0.15, 0.2) is 0 Å². The summed E-state index contributed by atoms with van der Waals surface area (Å²) in [5.41, 5.74) is 7.25. The Morgan fingerprint density at radius 2 is 1.73 bits per heavy atom. The van der Waals surface area contributed by atoms with Crippen LogP contribution in [0, 0.1) is 6.92 Å². The molecule has 30 heavy (non-hydrogen) atoms. The number of benzene rings is 1. The molecule has 2 heterocycles. The van der Waals surface area contributed by atoms with Crippen molar-refractivity contribution in [2.24, 2.45) is 5.73 Å². The van der Waals surface area contributed by atoms with Crippen molar-refractivity contribution < 1.29 is 19.1 Å². The van der Waals surface area contributed by atoms with Gasteiger partial charge in [-0.25, -0.2) is 4.79 Å². The zero-order chi connectivity index (χ0) is 21.7. The van der Waals surface area contributed by atoms with Gasteiger partial charge in [0.25, 0.3) is 5.91 Å². The van der Waals surface area contributed by atoms with E-state index in [2.05, 4.69) is 27.2 Å². The fraction of sp³-hybridized carbons (Fsp3) is 0.381. The monoisotopic (exact) mass is 430 g/mol. The van der Waals surface area contributed by atoms with E-state index in [0.717, 1.165) is 44.1 Å². The Bertz CT molecular complexity index is 921. The first kappa shape index (κ1) is 21.9. The fourth-order valence-corrected chi connectivity index (χ4v) is 4.56. The van der Waals surface area contributed by atoms with E-state index in [-0.39, 0.29) is 22.9 Å². The molecule has 1 aromatic heterocycles. The number of nitrogens with one attached hydrogen (secondary N) is 1. The molecule has 2 aromatic rings. The highest BCUT2D eigenvalue weighted by Gasteiger charge is 2.26. The molecule has 0 unspecified atom stereocenters. The predicted octanol–water partition coefficient (Wildman–Crippen LogP) is 1.70. The molecule has 3 N–H and O–H groups in total. The summed E-state index contributed by atoms with van der Waals surface area (Å²) in [4.78, 5) is 41.0. The minimum Gasteiger partial charge on any atom is -0.465 e. The van der Waals surface area contributed by atoms with Gasteiger partial charge >= 0.3 is 5.97 Å². The first-order chi connectivity index (χ1) is 14.4. The van der Waals surface area contributed by atoms with E-state index in [4.69, 9.17) is 10.5 Å². The van der Waals surface area contributed by atoms with Gasteiger partial charge in [-0.2, -0.15) is 0 Å². The first-order valence-electron chi connectivity index (χ1n) is 9.69. The van der Waals surface area contributed by atoms with E-state index in [9.17, 15) is 14.4 Å². The fourth-order valence-electron chi connectivity index (χ4n) is 3.50. The molecule has 0 spiro atoms. The number of hydrogen-bond acceptors (Lipinski definition) is 7. The van der Waals surface area contributed by atoms with Crippen molar-refractivity contribution in [2.45, 2.75) is 13.5 Å². The standard InChI is InChI=1S/C21H26N4O4S/c1-14-17(21(28)29-2)20(30-18(14)19(22)27)23-16(26)13-25-10-8-24(9-11-25)12-15-6-4-3-5-7-15/h3-7H,8-13H2,1-2H3,(H2,22,27)(H,23,26). The zero-order valence-electron chi connectivity index (χ0n) is 17.1. The molecule has 1 saturated heterocycles. The molecule has 0 radical (unpaired) electrons. The lowest BCUT2D eigenvalue weighted by Gasteiger charge is -2.34. The van der Waals surface area contributed by atoms with Gasteiger partial charge in [-0.05, 0) is 18.1 Å². The Hall–Kier alpha value is -2.75. The molecule has 1 aliphatic rings. The van der Waals surface area contributed by atoms with Crippen LogP contribution in [0.1, 0.15) is 31.2 Å². The van der Waals surface area contributed by atoms with E-state index in [1.807, 2.05) is 18.2 Å². The Morgan fingerprint density at radius 3 is 2.33 bits per heavy atom. The van der Waals surface area contributed by atoms with Gasteiger partial charge in [0, 0.05) is 32.7 Å². The number of carbonyl (C=O) groups is 3. The maximum atomic E-state index is 12.6. The third-order valence-electron chi connectivity index (χ3n) is 5.09. The second-order valence-electron chi connectivity index (χ2n) is 7.20. The summed E-state index contributed by atoms with van der Waals surface area (Å²) in [6.07, 6.45) is 0. The number of piperazine rings is 1. The highest BCUT2D eigenvalue weighted by atomic mass is 32.1. The highest BCUT2D eigenvalue weighted by Crippen LogP contribution is 2.33. The van der Waals surface area contributed by atoms with Gasteiger partial charge in [0.2, 0.25) is 5.91 Å². The van der Waals surface area contributed by atoms with Crippen LogP contribution >= 0.6 is 11.3 Å². The Morgan fingerprint density at radius 1 is 1.10 bits per heavy atom. The number of primary amides is 1. The van der Waals surface area contributed by atoms with Crippen LogP contribution in [-0.4, -0.2) is 67.4 Å². The van der Waals surface area contributed by atoms with Crippen LogP contribution in [0.4, 0.5) is 5.00 Å². The van der Waals surface area contributed by atoms with Crippen LogP contribution in [0.5, 0.6) is 0 Å². The minimum atomic E-state index is -0.641. The van der Waals surface area contributed by atoms with Crippen molar-refractivity contribution in [3.8, 4) is 0 Å². The molecule has 2 amide bonds. The smallest absolute Gasteiger partial charge is 0.341 e. The van der Waals surface area contributed by atoms with Crippen molar-refractivity contribution in [2.75, 3.05) is 45.2 Å². The van der Waals surface area contributed by atoms with Crippen molar-refractivity contribution in [3.63, 3.8) is 0 Å². The summed E-state index contributed by atoms with van der Waals surface area (Å²) >= 11 is 0.996. The molecule has 160 valence electrons. The second-order valence-corrected chi connectivity index (χ2v) is 8.22. The summed E-state index contributed by atoms with van der Waals surface area (Å²) in [7, 11) is 1.25. The molecule has 8 nitrogen and oxygen atoms in total. The van der Waals surface area contributed by atoms with E-state index >= 15 is 0 Å². The maximum absolute atomic E-state index is 12.6. The van der Waals surface area contributed by atoms with Crippen LogP contribution in [0.3, 0.4) is 0 Å². The number of anilines is 1. The average Bonchev–Trinajstić information content (AvgIpc) is 3.05. The Labute approximate surface area is 179 Å². The lowest BCUT2D eigenvalue weighted by Crippen LogP contribution is -2.48. The summed E-state index contributed by atoms with van der Waals surface area (Å²) in [5, 5.41) is 3.05. The van der Waals surface area contributed by atoms with Crippen LogP contribution in [-0.2, 0) is 16.1 Å². The third-order valence-corrected chi connectivity index (χ3v) is 6.32. The molecular formula is C21H26N4O4S. The van der Waals surface area contributed by atoms with Gasteiger partial charge in [-0.15, -0.1) is 11.3 Å². The lowest BCUT2D eigenvalue weighted by molar-refractivity contribution is -0.117. The molecule has 0 aliphatic carbocycles. The molecular weight excluding hydrogens is 404 g/mol. The van der Waals surface area contributed by atoms with E-state index in [1.165, 1.54) is 12.7 Å². The lowest BCUT2D eigenvalue weighted by atomic mass is 10.1. The predicted molar refractivity (Wildman–Crippen MR) is 116 cm³/mol. The zero-order valence-corrected chi connectivity index (χ0v) is 18.0. The van der Waals surface area contributed by atoms with Crippen LogP contribution in [0.25, 0.3) is 0 Å². The Balaban J connectivity index is 1.57. The van der Waals surface area contributed by atoms with Gasteiger partial charge < -0.3 is 15.8 Å². The maximum Gasteiger partial charge on any atom is 0.341 e. The van der Waals surface area contributed by atoms with E-state index in [0.29, 0.717) is 10.6 Å². The minimum absolute atomic E-state index is 0.178. The van der Waals surface area contributed by atoms with E-state index < -0.39 is 11.9 Å². The largest absolute Gasteiger partial charge is 0.465 e. The van der Waals surface area contributed by atoms with Crippen LogP contribution in [0.2, 0.25) is 0 Å². The SMILES string of the molecule is COC(=O)c1c(NC(=O)CN2CCN(Cc3ccccc3)CC2)sc(C(N)=O)c1C. The molecule has 3 rings (SSSR count). The number of thiophene rings is 1. The number of ether oxygens (including phenoxy) is 1. The number of esters is 1. The van der Waals surface area contributed by atoms with Gasteiger partial charge in [-0.3, -0.25) is 19.4 Å². The third kappa shape index (κ3) is 5.24. The van der Waals surface area contributed by atoms with Crippen LogP contribution < -0.4 is 11.1 Å². The summed E-state index contributed by atoms with van der Waals surface area (Å²) in [6, 6.07) is 10.3. The van der Waals surface area contributed by atoms with Crippen LogP contribution in [0.15, 0.2) is 30.3 Å². The van der Waals surface area contributed by atoms with Crippen molar-refractivity contribution >= 4 is 34.1 Å². The number of nitrogens with zero attached hydrogens (tertiary/aromatic N) is 2. The van der Waals surface area contributed by atoms with Gasteiger partial charge in [0.1, 0.15) is 5.00 Å². The molecule has 9 heteroatoms. The molecule has 0 saturated carbocycles. The quantitative estimate of drug-likeness (QED) is 0.648. The summed E-state index contributed by atoms with van der Waals surface area (Å²) in [5.74, 6) is -1.49. The number of hydrogen-bond donors (Lipinski definition) is 2.